The predicted molar refractivity (Wildman–Crippen MR) is 117 cm³/mol. The number of nitrogens with one attached hydrogen (secondary N) is 4. The Morgan fingerprint density at radius 1 is 1.13 bits per heavy atom. The highest BCUT2D eigenvalue weighted by Gasteiger charge is 2.23. The van der Waals surface area contributed by atoms with E-state index in [2.05, 4.69) is 26.7 Å². The second kappa shape index (κ2) is 10.4. The molecule has 3 rings (SSSR count). The second-order valence-corrected chi connectivity index (χ2v) is 7.39. The third-order valence-corrected chi connectivity index (χ3v) is 5.01. The molecule has 0 bridgehead atoms. The molecule has 2 amide bonds. The molecule has 0 radical (unpaired) electrons. The first-order chi connectivity index (χ1) is 14.5. The lowest BCUT2D eigenvalue weighted by Crippen LogP contribution is -2.67. The lowest BCUT2D eigenvalue weighted by atomic mass is 10.2. The number of benzene rings is 2. The highest BCUT2D eigenvalue weighted by atomic mass is 35.5. The van der Waals surface area contributed by atoms with E-state index in [9.17, 15) is 4.79 Å². The van der Waals surface area contributed by atoms with Crippen LogP contribution < -0.4 is 31.1 Å². The molecule has 2 aromatic rings. The zero-order valence-corrected chi connectivity index (χ0v) is 18.1. The van der Waals surface area contributed by atoms with Gasteiger partial charge in [0.2, 0.25) is 0 Å². The van der Waals surface area contributed by atoms with E-state index >= 15 is 0 Å². The van der Waals surface area contributed by atoms with E-state index in [0.717, 1.165) is 11.1 Å². The van der Waals surface area contributed by atoms with Crippen molar-refractivity contribution in [3.8, 4) is 11.5 Å². The SMILES string of the molecule is CCOc1cc(/C=N/NC2NC(=O)NNC2C)ccc1OCc1ccc(Cl)c(Cl)c1. The summed E-state index contributed by atoms with van der Waals surface area (Å²) in [6, 6.07) is 10.5. The van der Waals surface area contributed by atoms with Crippen LogP contribution in [-0.4, -0.2) is 31.1 Å². The summed E-state index contributed by atoms with van der Waals surface area (Å²) in [5, 5.41) is 7.93. The third kappa shape index (κ3) is 5.91. The molecule has 0 spiro atoms. The highest BCUT2D eigenvalue weighted by molar-refractivity contribution is 6.42. The summed E-state index contributed by atoms with van der Waals surface area (Å²) in [5.74, 6) is 1.21. The fourth-order valence-electron chi connectivity index (χ4n) is 2.68. The topological polar surface area (TPSA) is 96.0 Å². The molecule has 10 heteroatoms. The fraction of sp³-hybridized carbons (Fsp3) is 0.300. The number of hydrazone groups is 1. The first-order valence-electron chi connectivity index (χ1n) is 9.40. The van der Waals surface area contributed by atoms with Crippen molar-refractivity contribution in [1.29, 1.82) is 0 Å². The number of hydrogen-bond donors (Lipinski definition) is 4. The maximum atomic E-state index is 11.4. The van der Waals surface area contributed by atoms with Crippen molar-refractivity contribution < 1.29 is 14.3 Å². The summed E-state index contributed by atoms with van der Waals surface area (Å²) < 4.78 is 11.6. The molecular formula is C20H23Cl2N5O3. The van der Waals surface area contributed by atoms with Crippen molar-refractivity contribution in [3.05, 3.63) is 57.6 Å². The number of urea groups is 1. The molecule has 0 aliphatic carbocycles. The summed E-state index contributed by atoms with van der Waals surface area (Å²) in [6.45, 7) is 4.63. The van der Waals surface area contributed by atoms with Crippen molar-refractivity contribution in [1.82, 2.24) is 21.6 Å². The highest BCUT2D eigenvalue weighted by Crippen LogP contribution is 2.30. The molecule has 30 heavy (non-hydrogen) atoms. The zero-order valence-electron chi connectivity index (χ0n) is 16.5. The molecule has 160 valence electrons. The van der Waals surface area contributed by atoms with Crippen LogP contribution >= 0.6 is 23.2 Å². The van der Waals surface area contributed by atoms with E-state index in [1.807, 2.05) is 38.1 Å². The average molecular weight is 452 g/mol. The van der Waals surface area contributed by atoms with Crippen LogP contribution in [0, 0.1) is 0 Å². The molecule has 1 saturated heterocycles. The van der Waals surface area contributed by atoms with Gasteiger partial charge in [0.25, 0.3) is 0 Å². The van der Waals surface area contributed by atoms with Gasteiger partial charge in [-0.2, -0.15) is 5.10 Å². The summed E-state index contributed by atoms with van der Waals surface area (Å²) in [7, 11) is 0. The van der Waals surface area contributed by atoms with Gasteiger partial charge in [-0.3, -0.25) is 10.9 Å². The number of nitrogens with zero attached hydrogens (tertiary/aromatic N) is 1. The maximum Gasteiger partial charge on any atom is 0.330 e. The first kappa shape index (κ1) is 22.0. The molecule has 8 nitrogen and oxygen atoms in total. The number of hydrazine groups is 1. The van der Waals surface area contributed by atoms with Crippen LogP contribution in [0.4, 0.5) is 4.79 Å². The number of carbonyl (C=O) groups is 1. The Kier molecular flexibility index (Phi) is 7.62. The lowest BCUT2D eigenvalue weighted by molar-refractivity contribution is 0.202. The minimum Gasteiger partial charge on any atom is -0.490 e. The van der Waals surface area contributed by atoms with Crippen LogP contribution in [0.1, 0.15) is 25.0 Å². The Hall–Kier alpha value is -2.68. The number of carbonyl (C=O) groups excluding carboxylic acids is 1. The van der Waals surface area contributed by atoms with Gasteiger partial charge in [0.15, 0.2) is 11.5 Å². The Morgan fingerprint density at radius 2 is 1.97 bits per heavy atom. The minimum absolute atomic E-state index is 0.0454. The van der Waals surface area contributed by atoms with Crippen molar-refractivity contribution in [3.63, 3.8) is 0 Å². The third-order valence-electron chi connectivity index (χ3n) is 4.27. The van der Waals surface area contributed by atoms with E-state index in [1.165, 1.54) is 0 Å². The van der Waals surface area contributed by atoms with Gasteiger partial charge in [-0.1, -0.05) is 29.3 Å². The van der Waals surface area contributed by atoms with Crippen molar-refractivity contribution in [2.75, 3.05) is 6.61 Å². The normalized spacial score (nSPS) is 18.6. The standard InChI is InChI=1S/C20H23Cl2N5O3/c1-3-29-18-9-13(10-23-26-19-12(2)25-27-20(28)24-19)5-7-17(18)30-11-14-4-6-15(21)16(22)8-14/h4-10,12,19,25-26H,3,11H2,1-2H3,(H2,24,27,28)/b23-10+. The zero-order chi connectivity index (χ0) is 21.5. The minimum atomic E-state index is -0.338. The Morgan fingerprint density at radius 3 is 2.73 bits per heavy atom. The Balaban J connectivity index is 1.65. The van der Waals surface area contributed by atoms with Crippen molar-refractivity contribution in [2.45, 2.75) is 32.7 Å². The summed E-state index contributed by atoms with van der Waals surface area (Å²) in [6.07, 6.45) is 1.31. The van der Waals surface area contributed by atoms with Gasteiger partial charge in [0, 0.05) is 0 Å². The summed E-state index contributed by atoms with van der Waals surface area (Å²) in [4.78, 5) is 11.4. The van der Waals surface area contributed by atoms with Gasteiger partial charge in [-0.25, -0.2) is 10.2 Å². The maximum absolute atomic E-state index is 11.4. The molecule has 1 fully saturated rings. The van der Waals surface area contributed by atoms with E-state index in [4.69, 9.17) is 32.7 Å². The number of halogens is 2. The van der Waals surface area contributed by atoms with Crippen LogP contribution in [0.5, 0.6) is 11.5 Å². The van der Waals surface area contributed by atoms with Crippen molar-refractivity contribution in [2.24, 2.45) is 5.10 Å². The number of amides is 2. The molecule has 2 aromatic carbocycles. The molecule has 2 atom stereocenters. The molecule has 1 aliphatic heterocycles. The fourth-order valence-corrected chi connectivity index (χ4v) is 3.00. The molecule has 4 N–H and O–H groups in total. The molecule has 0 aromatic heterocycles. The molecule has 2 unspecified atom stereocenters. The molecule has 1 heterocycles. The Labute approximate surface area is 184 Å². The first-order valence-corrected chi connectivity index (χ1v) is 10.2. The van der Waals surface area contributed by atoms with Crippen LogP contribution in [0.2, 0.25) is 10.0 Å². The summed E-state index contributed by atoms with van der Waals surface area (Å²) >= 11 is 12.0. The number of ether oxygens (including phenoxy) is 2. The predicted octanol–water partition coefficient (Wildman–Crippen LogP) is 3.43. The average Bonchev–Trinajstić information content (AvgIpc) is 2.72. The smallest absolute Gasteiger partial charge is 0.330 e. The monoisotopic (exact) mass is 451 g/mol. The van der Waals surface area contributed by atoms with Crippen LogP contribution in [0.15, 0.2) is 41.5 Å². The van der Waals surface area contributed by atoms with Gasteiger partial charge < -0.3 is 14.8 Å². The van der Waals surface area contributed by atoms with E-state index < -0.39 is 0 Å². The molecular weight excluding hydrogens is 429 g/mol. The Bertz CT molecular complexity index is 925. The van der Waals surface area contributed by atoms with Crippen molar-refractivity contribution >= 4 is 35.4 Å². The summed E-state index contributed by atoms with van der Waals surface area (Å²) in [5.41, 5.74) is 9.96. The van der Waals surface area contributed by atoms with Gasteiger partial charge in [-0.05, 0) is 55.3 Å². The van der Waals surface area contributed by atoms with E-state index in [1.54, 1.807) is 18.3 Å². The quantitative estimate of drug-likeness (QED) is 0.364. The second-order valence-electron chi connectivity index (χ2n) is 6.57. The van der Waals surface area contributed by atoms with Gasteiger partial charge >= 0.3 is 6.03 Å². The van der Waals surface area contributed by atoms with E-state index in [-0.39, 0.29) is 18.2 Å². The van der Waals surface area contributed by atoms with Gasteiger partial charge in [-0.15, -0.1) is 0 Å². The van der Waals surface area contributed by atoms with Crippen LogP contribution in [0.25, 0.3) is 0 Å². The number of hydrogen-bond acceptors (Lipinski definition) is 6. The van der Waals surface area contributed by atoms with Crippen LogP contribution in [0.3, 0.4) is 0 Å². The lowest BCUT2D eigenvalue weighted by Gasteiger charge is -2.30. The van der Waals surface area contributed by atoms with E-state index in [0.29, 0.717) is 34.8 Å². The van der Waals surface area contributed by atoms with Crippen LogP contribution in [-0.2, 0) is 6.61 Å². The molecule has 1 aliphatic rings. The number of rotatable bonds is 8. The molecule has 0 saturated carbocycles. The van der Waals surface area contributed by atoms with Gasteiger partial charge in [0.05, 0.1) is 28.9 Å². The largest absolute Gasteiger partial charge is 0.490 e. The van der Waals surface area contributed by atoms with Gasteiger partial charge in [0.1, 0.15) is 12.8 Å².